The van der Waals surface area contributed by atoms with Crippen LogP contribution >= 0.6 is 11.6 Å². The van der Waals surface area contributed by atoms with Crippen molar-refractivity contribution in [2.45, 2.75) is 45.1 Å². The van der Waals surface area contributed by atoms with Crippen molar-refractivity contribution in [2.75, 3.05) is 19.1 Å². The lowest BCUT2D eigenvalue weighted by atomic mass is 10.1. The Bertz CT molecular complexity index is 1240. The highest BCUT2D eigenvalue weighted by molar-refractivity contribution is 6.34. The number of benzene rings is 1. The van der Waals surface area contributed by atoms with Gasteiger partial charge in [-0.15, -0.1) is 0 Å². The van der Waals surface area contributed by atoms with E-state index < -0.39 is 82.2 Å². The number of hydrogen-bond acceptors (Lipinski definition) is 6. The average molecular weight is 584 g/mol. The topological polar surface area (TPSA) is 73.7 Å². The molecule has 7 nitrogen and oxygen atoms in total. The number of esters is 1. The van der Waals surface area contributed by atoms with Gasteiger partial charge in [0.15, 0.2) is 5.69 Å². The Balaban J connectivity index is 3.18. The molecule has 2 rings (SSSR count). The molecule has 0 saturated heterocycles. The van der Waals surface area contributed by atoms with E-state index in [4.69, 9.17) is 16.3 Å². The highest BCUT2D eigenvalue weighted by atomic mass is 35.5. The van der Waals surface area contributed by atoms with Crippen LogP contribution in [-0.2, 0) is 39.3 Å². The Morgan fingerprint density at radius 1 is 1.00 bits per heavy atom. The molecule has 0 bridgehead atoms. The van der Waals surface area contributed by atoms with Crippen LogP contribution in [0.25, 0.3) is 0 Å². The van der Waals surface area contributed by atoms with E-state index in [2.05, 4.69) is 9.72 Å². The lowest BCUT2D eigenvalue weighted by Gasteiger charge is -2.33. The SMILES string of the molecule is COC(=O)C(OC)N(c1cc(C(F)(F)F)cc(C(F)(F)F)c1Cl)c1nc(C(F)(F)F)cc(=O)n1CC(C)C. The van der Waals surface area contributed by atoms with Crippen molar-refractivity contribution in [1.82, 2.24) is 9.55 Å². The summed E-state index contributed by atoms with van der Waals surface area (Å²) in [6, 6.07) is -0.178. The van der Waals surface area contributed by atoms with Gasteiger partial charge in [-0.3, -0.25) is 14.3 Å². The third kappa shape index (κ3) is 6.70. The molecular weight excluding hydrogens is 565 g/mol. The van der Waals surface area contributed by atoms with Gasteiger partial charge in [0, 0.05) is 19.7 Å². The predicted octanol–water partition coefficient (Wildman–Crippen LogP) is 5.89. The summed E-state index contributed by atoms with van der Waals surface area (Å²) >= 11 is 5.86. The van der Waals surface area contributed by atoms with Crippen molar-refractivity contribution in [3.8, 4) is 0 Å². The fourth-order valence-electron chi connectivity index (χ4n) is 3.26. The van der Waals surface area contributed by atoms with Crippen LogP contribution in [0.2, 0.25) is 5.02 Å². The summed E-state index contributed by atoms with van der Waals surface area (Å²) < 4.78 is 132. The van der Waals surface area contributed by atoms with Crippen LogP contribution in [-0.4, -0.2) is 36.0 Å². The van der Waals surface area contributed by atoms with E-state index in [0.29, 0.717) is 4.57 Å². The number of hydrogen-bond donors (Lipinski definition) is 0. The molecule has 0 N–H and O–H groups in total. The van der Waals surface area contributed by atoms with Crippen LogP contribution < -0.4 is 10.5 Å². The molecule has 0 radical (unpaired) electrons. The molecule has 17 heteroatoms. The number of aromatic nitrogens is 2. The van der Waals surface area contributed by atoms with Gasteiger partial charge >= 0.3 is 24.5 Å². The fourth-order valence-corrected chi connectivity index (χ4v) is 3.57. The Morgan fingerprint density at radius 3 is 2.00 bits per heavy atom. The number of carbonyl (C=O) groups excluding carboxylic acids is 1. The number of rotatable bonds is 7. The quantitative estimate of drug-likeness (QED) is 0.230. The molecule has 212 valence electrons. The van der Waals surface area contributed by atoms with Crippen LogP contribution in [0.5, 0.6) is 0 Å². The average Bonchev–Trinajstić information content (AvgIpc) is 2.76. The first kappa shape index (κ1) is 31.2. The number of nitrogens with zero attached hydrogens (tertiary/aromatic N) is 3. The Kier molecular flexibility index (Phi) is 9.03. The van der Waals surface area contributed by atoms with Gasteiger partial charge in [0.25, 0.3) is 5.56 Å². The zero-order valence-electron chi connectivity index (χ0n) is 19.8. The molecular formula is C21H19ClF9N3O4. The number of methoxy groups -OCH3 is 2. The molecule has 1 unspecified atom stereocenters. The van der Waals surface area contributed by atoms with Crippen LogP contribution in [0.15, 0.2) is 23.0 Å². The van der Waals surface area contributed by atoms with Crippen molar-refractivity contribution in [3.05, 3.63) is 50.4 Å². The summed E-state index contributed by atoms with van der Waals surface area (Å²) in [5.41, 5.74) is -8.45. The molecule has 0 aliphatic rings. The lowest BCUT2D eigenvalue weighted by molar-refractivity contribution is -0.151. The predicted molar refractivity (Wildman–Crippen MR) is 115 cm³/mol. The molecule has 0 aliphatic carbocycles. The third-order valence-corrected chi connectivity index (χ3v) is 5.25. The number of carbonyl (C=O) groups is 1. The highest BCUT2D eigenvalue weighted by Crippen LogP contribution is 2.46. The summed E-state index contributed by atoms with van der Waals surface area (Å²) in [7, 11) is 1.53. The molecule has 0 amide bonds. The molecule has 1 heterocycles. The van der Waals surface area contributed by atoms with Crippen LogP contribution in [0.4, 0.5) is 51.1 Å². The van der Waals surface area contributed by atoms with Crippen LogP contribution in [0.1, 0.15) is 30.7 Å². The molecule has 38 heavy (non-hydrogen) atoms. The van der Waals surface area contributed by atoms with Crippen molar-refractivity contribution < 1.29 is 53.8 Å². The number of halogens is 10. The zero-order chi connectivity index (χ0) is 29.4. The maximum Gasteiger partial charge on any atom is 0.433 e. The number of ether oxygens (including phenoxy) is 2. The van der Waals surface area contributed by atoms with E-state index in [1.807, 2.05) is 0 Å². The van der Waals surface area contributed by atoms with Crippen molar-refractivity contribution >= 4 is 29.2 Å². The molecule has 2 aromatic rings. The highest BCUT2D eigenvalue weighted by Gasteiger charge is 2.43. The minimum absolute atomic E-state index is 0.0542. The first-order valence-electron chi connectivity index (χ1n) is 10.3. The van der Waals surface area contributed by atoms with Gasteiger partial charge in [0.1, 0.15) is 0 Å². The summed E-state index contributed by atoms with van der Waals surface area (Å²) in [5.74, 6) is -3.16. The summed E-state index contributed by atoms with van der Waals surface area (Å²) in [6.07, 6.45) is -18.5. The second-order valence-electron chi connectivity index (χ2n) is 8.12. The van der Waals surface area contributed by atoms with E-state index in [1.165, 1.54) is 13.8 Å². The fraction of sp³-hybridized carbons (Fsp3) is 0.476. The molecule has 1 aromatic carbocycles. The van der Waals surface area contributed by atoms with Crippen molar-refractivity contribution in [1.29, 1.82) is 0 Å². The van der Waals surface area contributed by atoms with Gasteiger partial charge in [-0.05, 0) is 18.1 Å². The Hall–Kier alpha value is -3.01. The first-order valence-corrected chi connectivity index (χ1v) is 10.7. The Labute approximate surface area is 213 Å². The maximum atomic E-state index is 13.7. The maximum absolute atomic E-state index is 13.7. The van der Waals surface area contributed by atoms with Crippen LogP contribution in [0.3, 0.4) is 0 Å². The summed E-state index contributed by atoms with van der Waals surface area (Å²) in [4.78, 5) is 28.6. The third-order valence-electron chi connectivity index (χ3n) is 4.85. The van der Waals surface area contributed by atoms with Crippen LogP contribution in [0, 0.1) is 5.92 Å². The summed E-state index contributed by atoms with van der Waals surface area (Å²) in [6.45, 7) is 2.59. The second-order valence-corrected chi connectivity index (χ2v) is 8.49. The van der Waals surface area contributed by atoms with E-state index in [9.17, 15) is 49.1 Å². The molecule has 1 aromatic heterocycles. The van der Waals surface area contributed by atoms with E-state index in [1.54, 1.807) is 0 Å². The van der Waals surface area contributed by atoms with E-state index >= 15 is 0 Å². The first-order chi connectivity index (χ1) is 17.2. The molecule has 0 aliphatic heterocycles. The molecule has 0 fully saturated rings. The summed E-state index contributed by atoms with van der Waals surface area (Å²) in [5, 5.41) is -1.45. The minimum atomic E-state index is -5.48. The lowest BCUT2D eigenvalue weighted by Crippen LogP contribution is -2.44. The molecule has 0 saturated carbocycles. The van der Waals surface area contributed by atoms with Gasteiger partial charge < -0.3 is 9.47 Å². The number of anilines is 2. The van der Waals surface area contributed by atoms with Gasteiger partial charge in [0.2, 0.25) is 12.2 Å². The second kappa shape index (κ2) is 11.0. The number of alkyl halides is 9. The zero-order valence-corrected chi connectivity index (χ0v) is 20.6. The van der Waals surface area contributed by atoms with Crippen molar-refractivity contribution in [2.24, 2.45) is 5.92 Å². The largest absolute Gasteiger partial charge is 0.466 e. The Morgan fingerprint density at radius 2 is 1.58 bits per heavy atom. The molecule has 0 spiro atoms. The van der Waals surface area contributed by atoms with Gasteiger partial charge in [-0.2, -0.15) is 39.5 Å². The standard InChI is InChI=1S/C21H19ClF9N3O4/c1-9(2)8-33-14(35)7-13(21(29,30)31)32-18(33)34(16(37-3)17(36)38-4)12-6-10(19(23,24)25)5-11(15(12)22)20(26,27)28/h5-7,9,16H,8H2,1-4H3. The minimum Gasteiger partial charge on any atom is -0.466 e. The van der Waals surface area contributed by atoms with E-state index in [0.717, 1.165) is 14.2 Å². The van der Waals surface area contributed by atoms with Gasteiger partial charge in [-0.1, -0.05) is 25.4 Å². The van der Waals surface area contributed by atoms with E-state index in [-0.39, 0.29) is 23.1 Å². The van der Waals surface area contributed by atoms with Crippen molar-refractivity contribution in [3.63, 3.8) is 0 Å². The molecule has 1 atom stereocenters. The van der Waals surface area contributed by atoms with Gasteiger partial charge in [0.05, 0.1) is 28.9 Å². The van der Waals surface area contributed by atoms with Gasteiger partial charge in [-0.25, -0.2) is 9.78 Å². The monoisotopic (exact) mass is 583 g/mol. The normalized spacial score (nSPS) is 13.6. The smallest absolute Gasteiger partial charge is 0.433 e.